The first kappa shape index (κ1) is 63.7. The Hall–Kier alpha value is -5.46. The van der Waals surface area contributed by atoms with Crippen LogP contribution in [0.5, 0.6) is 0 Å². The van der Waals surface area contributed by atoms with E-state index >= 15 is 0 Å². The first-order chi connectivity index (χ1) is 29.7. The van der Waals surface area contributed by atoms with Crippen molar-refractivity contribution in [3.8, 4) is 0 Å². The van der Waals surface area contributed by atoms with Gasteiger partial charge in [-0.15, -0.1) is 0 Å². The van der Waals surface area contributed by atoms with E-state index in [9.17, 15) is 0 Å². The summed E-state index contributed by atoms with van der Waals surface area (Å²) in [7, 11) is 0. The summed E-state index contributed by atoms with van der Waals surface area (Å²) in [6, 6.07) is 70.7. The predicted octanol–water partition coefficient (Wildman–Crippen LogP) is 20.7. The number of benzene rings is 8. The van der Waals surface area contributed by atoms with Gasteiger partial charge in [0.1, 0.15) is 0 Å². The molecule has 0 aliphatic rings. The molecule has 0 heterocycles. The van der Waals surface area contributed by atoms with Gasteiger partial charge in [0.15, 0.2) is 0 Å². The summed E-state index contributed by atoms with van der Waals surface area (Å²) in [4.78, 5) is 0. The Balaban J connectivity index is -0.000000195. The van der Waals surface area contributed by atoms with Crippen LogP contribution in [0.25, 0.3) is 32.3 Å². The van der Waals surface area contributed by atoms with Crippen LogP contribution in [0.4, 0.5) is 0 Å². The minimum absolute atomic E-state index is 1.31. The van der Waals surface area contributed by atoms with Crippen molar-refractivity contribution in [3.05, 3.63) is 217 Å². The maximum absolute atomic E-state index is 2.12. The van der Waals surface area contributed by atoms with Gasteiger partial charge in [0, 0.05) is 0 Å². The third kappa shape index (κ3) is 33.5. The summed E-state index contributed by atoms with van der Waals surface area (Å²) in [6.07, 6.45) is 0. The second-order valence-electron chi connectivity index (χ2n) is 10.4. The molecule has 0 fully saturated rings. The van der Waals surface area contributed by atoms with Crippen LogP contribution in [-0.4, -0.2) is 0 Å². The molecule has 328 valence electrons. The Morgan fingerprint density at radius 2 is 0.250 bits per heavy atom. The summed E-state index contributed by atoms with van der Waals surface area (Å²) in [6.45, 7) is 36.2. The molecule has 0 spiro atoms. The molecule has 0 heteroatoms. The van der Waals surface area contributed by atoms with Crippen molar-refractivity contribution >= 4 is 32.3 Å². The summed E-state index contributed by atoms with van der Waals surface area (Å²) in [5.41, 5.74) is 2.64. The molecule has 0 unspecified atom stereocenters. The van der Waals surface area contributed by atoms with E-state index in [-0.39, 0.29) is 0 Å². The molecule has 8 aromatic carbocycles. The Bertz CT molecular complexity index is 1520. The predicted molar refractivity (Wildman–Crippen MR) is 285 cm³/mol. The van der Waals surface area contributed by atoms with Crippen LogP contribution in [0.1, 0.15) is 122 Å². The minimum Gasteiger partial charge on any atom is -0.0683 e. The fourth-order valence-electron chi connectivity index (χ4n) is 4.47. The highest BCUT2D eigenvalue weighted by molar-refractivity contribution is 5.83. The number of rotatable bonds is 0. The van der Waals surface area contributed by atoms with Crippen LogP contribution in [0.15, 0.2) is 206 Å². The highest BCUT2D eigenvalue weighted by Crippen LogP contribution is 2.13. The van der Waals surface area contributed by atoms with Crippen molar-refractivity contribution in [2.45, 2.75) is 125 Å². The highest BCUT2D eigenvalue weighted by atomic mass is 13.9. The van der Waals surface area contributed by atoms with Crippen LogP contribution >= 0.6 is 0 Å². The highest BCUT2D eigenvalue weighted by Gasteiger charge is 1.87. The first-order valence-corrected chi connectivity index (χ1v) is 23.0. The second-order valence-corrected chi connectivity index (χ2v) is 10.4. The van der Waals surface area contributed by atoms with Crippen molar-refractivity contribution in [2.24, 2.45) is 0 Å². The molecule has 0 aromatic heterocycles. The van der Waals surface area contributed by atoms with Gasteiger partial charge in [-0.1, -0.05) is 328 Å². The zero-order valence-corrected chi connectivity index (χ0v) is 41.6. The number of fused-ring (bicyclic) bond motifs is 3. The molecule has 0 atom stereocenters. The molecule has 60 heavy (non-hydrogen) atoms. The van der Waals surface area contributed by atoms with Gasteiger partial charge in [0.2, 0.25) is 0 Å². The lowest BCUT2D eigenvalue weighted by atomic mass is 10.1. The van der Waals surface area contributed by atoms with Gasteiger partial charge in [-0.05, 0) is 46.2 Å². The SMILES string of the molecule is CC.CC.CC.CC.CC.CC.CC.CC.Cc1ccccc1.Cc1ccccc1.c1ccc2ccccc2c1.c1ccc2ccccc2c1.c1ccc2ccccc2c1. The zero-order chi connectivity index (χ0) is 46.7. The van der Waals surface area contributed by atoms with Crippen molar-refractivity contribution in [1.29, 1.82) is 0 Å². The monoisotopic (exact) mass is 809 g/mol. The summed E-state index contributed by atoms with van der Waals surface area (Å²) < 4.78 is 0. The largest absolute Gasteiger partial charge is 0.0683 e. The van der Waals surface area contributed by atoms with E-state index in [4.69, 9.17) is 0 Å². The van der Waals surface area contributed by atoms with Crippen molar-refractivity contribution in [1.82, 2.24) is 0 Å². The van der Waals surface area contributed by atoms with E-state index in [1.807, 2.05) is 147 Å². The van der Waals surface area contributed by atoms with E-state index in [1.165, 1.54) is 43.4 Å². The van der Waals surface area contributed by atoms with Gasteiger partial charge >= 0.3 is 0 Å². The lowest BCUT2D eigenvalue weighted by Crippen LogP contribution is -1.67. The van der Waals surface area contributed by atoms with Gasteiger partial charge in [-0.3, -0.25) is 0 Å². The number of hydrogen-bond acceptors (Lipinski definition) is 0. The van der Waals surface area contributed by atoms with E-state index in [2.05, 4.69) is 184 Å². The minimum atomic E-state index is 1.31. The van der Waals surface area contributed by atoms with Crippen LogP contribution in [0.3, 0.4) is 0 Å². The third-order valence-corrected chi connectivity index (χ3v) is 6.86. The molecule has 0 saturated carbocycles. The maximum atomic E-state index is 2.12. The molecule has 8 aromatic rings. The molecule has 0 saturated heterocycles. The van der Waals surface area contributed by atoms with Gasteiger partial charge < -0.3 is 0 Å². The molecular formula is C60H88. The fourth-order valence-corrected chi connectivity index (χ4v) is 4.47. The lowest BCUT2D eigenvalue weighted by molar-refractivity contribution is 1.48. The first-order valence-electron chi connectivity index (χ1n) is 23.0. The van der Waals surface area contributed by atoms with E-state index in [1.54, 1.807) is 0 Å². The Morgan fingerprint density at radius 3 is 0.333 bits per heavy atom. The molecule has 0 aliphatic carbocycles. The average Bonchev–Trinajstić information content (AvgIpc) is 3.38. The quantitative estimate of drug-likeness (QED) is 0.143. The Labute approximate surface area is 372 Å². The Morgan fingerprint density at radius 1 is 0.150 bits per heavy atom. The van der Waals surface area contributed by atoms with Crippen molar-refractivity contribution in [3.63, 3.8) is 0 Å². The lowest BCUT2D eigenvalue weighted by Gasteiger charge is -1.92. The number of aryl methyl sites for hydroxylation is 2. The third-order valence-electron chi connectivity index (χ3n) is 6.86. The van der Waals surface area contributed by atoms with E-state index < -0.39 is 0 Å². The molecule has 0 aliphatic heterocycles. The maximum Gasteiger partial charge on any atom is -0.0184 e. The van der Waals surface area contributed by atoms with Crippen molar-refractivity contribution in [2.75, 3.05) is 0 Å². The fraction of sp³-hybridized carbons (Fsp3) is 0.300. The summed E-state index contributed by atoms with van der Waals surface area (Å²) >= 11 is 0. The van der Waals surface area contributed by atoms with E-state index in [0.717, 1.165) is 0 Å². The van der Waals surface area contributed by atoms with Gasteiger partial charge in [-0.25, -0.2) is 0 Å². The van der Waals surface area contributed by atoms with Gasteiger partial charge in [0.25, 0.3) is 0 Å². The van der Waals surface area contributed by atoms with Crippen LogP contribution in [0, 0.1) is 13.8 Å². The van der Waals surface area contributed by atoms with Gasteiger partial charge in [-0.2, -0.15) is 0 Å². The van der Waals surface area contributed by atoms with Crippen LogP contribution in [0.2, 0.25) is 0 Å². The summed E-state index contributed by atoms with van der Waals surface area (Å²) in [5, 5.41) is 7.86. The standard InChI is InChI=1S/3C10H8.2C7H8.8C2H6/c3*1-2-6-10-8-4-3-7-9(10)5-1;2*1-7-5-3-2-4-6-7;8*1-2/h3*1-8H;2*2-6H,1H3;8*1-2H3. The van der Waals surface area contributed by atoms with E-state index in [0.29, 0.717) is 0 Å². The van der Waals surface area contributed by atoms with Crippen LogP contribution < -0.4 is 0 Å². The molecular weight excluding hydrogens is 721 g/mol. The number of hydrogen-bond donors (Lipinski definition) is 0. The molecule has 8 rings (SSSR count). The molecule has 0 radical (unpaired) electrons. The summed E-state index contributed by atoms with van der Waals surface area (Å²) in [5.74, 6) is 0. The molecule has 0 nitrogen and oxygen atoms in total. The van der Waals surface area contributed by atoms with Crippen LogP contribution in [-0.2, 0) is 0 Å². The van der Waals surface area contributed by atoms with Crippen molar-refractivity contribution < 1.29 is 0 Å². The molecule has 0 N–H and O–H groups in total. The zero-order valence-electron chi connectivity index (χ0n) is 41.6. The van der Waals surface area contributed by atoms with Gasteiger partial charge in [0.05, 0.1) is 0 Å². The normalized spacial score (nSPS) is 7.83. The molecule has 0 bridgehead atoms. The average molecular weight is 809 g/mol. The smallest absolute Gasteiger partial charge is 0.0184 e. The topological polar surface area (TPSA) is 0 Å². The molecule has 0 amide bonds. The Kier molecular flexibility index (Phi) is 56.8. The second kappa shape index (κ2) is 53.5.